The fourth-order valence-electron chi connectivity index (χ4n) is 2.61. The van der Waals surface area contributed by atoms with Crippen LogP contribution >= 0.6 is 12.4 Å². The van der Waals surface area contributed by atoms with Crippen molar-refractivity contribution in [2.24, 2.45) is 0 Å². The molecule has 1 aliphatic rings. The van der Waals surface area contributed by atoms with Crippen LogP contribution in [0.1, 0.15) is 18.4 Å². The van der Waals surface area contributed by atoms with Gasteiger partial charge < -0.3 is 5.32 Å². The summed E-state index contributed by atoms with van der Waals surface area (Å²) in [6, 6.07) is 3.97. The SMILES string of the molecule is Cc1cnn(-c2ccc(S(=O)(=O)NCC3CCCN3)cc2F)c1.Cl. The molecule has 0 spiro atoms. The van der Waals surface area contributed by atoms with Crippen molar-refractivity contribution in [1.82, 2.24) is 19.8 Å². The molecule has 6 nitrogen and oxygen atoms in total. The van der Waals surface area contributed by atoms with Crippen molar-refractivity contribution < 1.29 is 12.8 Å². The van der Waals surface area contributed by atoms with Crippen LogP contribution in [0.15, 0.2) is 35.5 Å². The van der Waals surface area contributed by atoms with Crippen LogP contribution in [-0.2, 0) is 10.0 Å². The number of rotatable bonds is 5. The molecule has 0 aliphatic carbocycles. The van der Waals surface area contributed by atoms with Crippen LogP contribution in [0.3, 0.4) is 0 Å². The minimum Gasteiger partial charge on any atom is -0.313 e. The van der Waals surface area contributed by atoms with Crippen molar-refractivity contribution >= 4 is 22.4 Å². The van der Waals surface area contributed by atoms with Gasteiger partial charge in [-0.25, -0.2) is 22.2 Å². The van der Waals surface area contributed by atoms with Gasteiger partial charge in [-0.05, 0) is 50.1 Å². The van der Waals surface area contributed by atoms with Crippen LogP contribution in [0, 0.1) is 12.7 Å². The lowest BCUT2D eigenvalue weighted by molar-refractivity contribution is 0.549. The average molecular weight is 375 g/mol. The zero-order valence-electron chi connectivity index (χ0n) is 13.2. The van der Waals surface area contributed by atoms with Crippen molar-refractivity contribution in [2.45, 2.75) is 30.7 Å². The van der Waals surface area contributed by atoms with E-state index in [1.807, 2.05) is 6.92 Å². The quantitative estimate of drug-likeness (QED) is 0.836. The van der Waals surface area contributed by atoms with Gasteiger partial charge in [-0.1, -0.05) is 0 Å². The molecule has 0 radical (unpaired) electrons. The zero-order valence-corrected chi connectivity index (χ0v) is 14.8. The molecule has 2 N–H and O–H groups in total. The van der Waals surface area contributed by atoms with E-state index in [0.717, 1.165) is 31.0 Å². The highest BCUT2D eigenvalue weighted by Gasteiger charge is 2.20. The summed E-state index contributed by atoms with van der Waals surface area (Å²) in [6.45, 7) is 3.06. The fraction of sp³-hybridized carbons (Fsp3) is 0.400. The maximum Gasteiger partial charge on any atom is 0.240 e. The number of hydrogen-bond acceptors (Lipinski definition) is 4. The van der Waals surface area contributed by atoms with Gasteiger partial charge in [0.2, 0.25) is 10.0 Å². The van der Waals surface area contributed by atoms with Gasteiger partial charge in [0.25, 0.3) is 0 Å². The number of sulfonamides is 1. The Balaban J connectivity index is 0.00000208. The Kier molecular flexibility index (Phi) is 5.97. The molecule has 0 amide bonds. The fourth-order valence-corrected chi connectivity index (χ4v) is 3.70. The molecule has 1 atom stereocenters. The Bertz CT molecular complexity index is 804. The summed E-state index contributed by atoms with van der Waals surface area (Å²) in [4.78, 5) is -0.0828. The van der Waals surface area contributed by atoms with Gasteiger partial charge in [-0.15, -0.1) is 12.4 Å². The van der Waals surface area contributed by atoms with Gasteiger partial charge in [-0.2, -0.15) is 5.10 Å². The third kappa shape index (κ3) is 4.13. The predicted octanol–water partition coefficient (Wildman–Crippen LogP) is 1.77. The van der Waals surface area contributed by atoms with Crippen molar-refractivity contribution in [3.05, 3.63) is 42.0 Å². The van der Waals surface area contributed by atoms with E-state index in [-0.39, 0.29) is 29.0 Å². The van der Waals surface area contributed by atoms with E-state index in [1.54, 1.807) is 12.4 Å². The number of benzene rings is 1. The summed E-state index contributed by atoms with van der Waals surface area (Å²) in [5, 5.41) is 7.24. The lowest BCUT2D eigenvalue weighted by Gasteiger charge is -2.12. The second kappa shape index (κ2) is 7.60. The smallest absolute Gasteiger partial charge is 0.240 e. The third-order valence-corrected chi connectivity index (χ3v) is 5.29. The molecular formula is C15H20ClFN4O2S. The van der Waals surface area contributed by atoms with E-state index < -0.39 is 15.8 Å². The standard InChI is InChI=1S/C15H19FN4O2S.ClH/c1-11-8-18-20(10-11)15-5-4-13(7-14(15)16)23(21,22)19-9-12-3-2-6-17-12;/h4-5,7-8,10,12,17,19H,2-3,6,9H2,1H3;1H. The highest BCUT2D eigenvalue weighted by atomic mass is 35.5. The number of nitrogens with zero attached hydrogens (tertiary/aromatic N) is 2. The predicted molar refractivity (Wildman–Crippen MR) is 91.7 cm³/mol. The summed E-state index contributed by atoms with van der Waals surface area (Å²) in [5.74, 6) is -0.630. The van der Waals surface area contributed by atoms with Crippen LogP contribution in [-0.4, -0.2) is 37.3 Å². The first kappa shape index (κ1) is 18.9. The Morgan fingerprint density at radius 2 is 2.25 bits per heavy atom. The van der Waals surface area contributed by atoms with Crippen molar-refractivity contribution in [3.63, 3.8) is 0 Å². The highest BCUT2D eigenvalue weighted by Crippen LogP contribution is 2.18. The largest absolute Gasteiger partial charge is 0.313 e. The average Bonchev–Trinajstić information content (AvgIpc) is 3.16. The van der Waals surface area contributed by atoms with E-state index in [4.69, 9.17) is 0 Å². The molecule has 1 saturated heterocycles. The van der Waals surface area contributed by atoms with E-state index in [2.05, 4.69) is 15.1 Å². The molecule has 1 aromatic carbocycles. The number of aryl methyl sites for hydroxylation is 1. The van der Waals surface area contributed by atoms with E-state index >= 15 is 0 Å². The summed E-state index contributed by atoms with van der Waals surface area (Å²) < 4.78 is 42.7. The summed E-state index contributed by atoms with van der Waals surface area (Å²) >= 11 is 0. The van der Waals surface area contributed by atoms with Crippen LogP contribution in [0.2, 0.25) is 0 Å². The van der Waals surface area contributed by atoms with Crippen LogP contribution in [0.4, 0.5) is 4.39 Å². The summed E-state index contributed by atoms with van der Waals surface area (Å²) in [6.07, 6.45) is 5.27. The van der Waals surface area contributed by atoms with Crippen LogP contribution < -0.4 is 10.0 Å². The lowest BCUT2D eigenvalue weighted by Crippen LogP contribution is -2.37. The van der Waals surface area contributed by atoms with E-state index in [9.17, 15) is 12.8 Å². The lowest BCUT2D eigenvalue weighted by atomic mass is 10.2. The Hall–Kier alpha value is -1.48. The minimum absolute atomic E-state index is 0. The maximum atomic E-state index is 14.3. The molecule has 1 unspecified atom stereocenters. The Morgan fingerprint density at radius 1 is 1.46 bits per heavy atom. The van der Waals surface area contributed by atoms with Gasteiger partial charge in [-0.3, -0.25) is 0 Å². The van der Waals surface area contributed by atoms with Gasteiger partial charge >= 0.3 is 0 Å². The molecule has 1 aliphatic heterocycles. The molecule has 9 heteroatoms. The molecule has 132 valence electrons. The van der Waals surface area contributed by atoms with E-state index in [0.29, 0.717) is 6.54 Å². The number of aromatic nitrogens is 2. The topological polar surface area (TPSA) is 76.0 Å². The van der Waals surface area contributed by atoms with Crippen molar-refractivity contribution in [2.75, 3.05) is 13.1 Å². The van der Waals surface area contributed by atoms with E-state index in [1.165, 1.54) is 16.8 Å². The van der Waals surface area contributed by atoms with Crippen LogP contribution in [0.25, 0.3) is 5.69 Å². The molecule has 3 rings (SSSR count). The molecule has 1 aromatic heterocycles. The van der Waals surface area contributed by atoms with Gasteiger partial charge in [0, 0.05) is 18.8 Å². The first-order chi connectivity index (χ1) is 11.0. The highest BCUT2D eigenvalue weighted by molar-refractivity contribution is 7.89. The second-order valence-corrected chi connectivity index (χ2v) is 7.49. The number of halogens is 2. The Morgan fingerprint density at radius 3 is 2.83 bits per heavy atom. The van der Waals surface area contributed by atoms with Gasteiger partial charge in [0.15, 0.2) is 0 Å². The Labute approximate surface area is 146 Å². The van der Waals surface area contributed by atoms with Gasteiger partial charge in [0.1, 0.15) is 11.5 Å². The molecular weight excluding hydrogens is 355 g/mol. The molecule has 2 aromatic rings. The first-order valence-electron chi connectivity index (χ1n) is 7.50. The molecule has 0 saturated carbocycles. The van der Waals surface area contributed by atoms with Crippen molar-refractivity contribution in [3.8, 4) is 5.69 Å². The zero-order chi connectivity index (χ0) is 16.4. The molecule has 0 bridgehead atoms. The van der Waals surface area contributed by atoms with Crippen molar-refractivity contribution in [1.29, 1.82) is 0 Å². The normalized spacial score (nSPS) is 17.7. The molecule has 24 heavy (non-hydrogen) atoms. The summed E-state index contributed by atoms with van der Waals surface area (Å²) in [7, 11) is -3.72. The minimum atomic E-state index is -3.72. The van der Waals surface area contributed by atoms with Crippen LogP contribution in [0.5, 0.6) is 0 Å². The summed E-state index contributed by atoms with van der Waals surface area (Å²) in [5.41, 5.74) is 1.11. The first-order valence-corrected chi connectivity index (χ1v) is 8.98. The molecule has 2 heterocycles. The second-order valence-electron chi connectivity index (χ2n) is 5.72. The number of nitrogens with one attached hydrogen (secondary N) is 2. The molecule has 1 fully saturated rings. The third-order valence-electron chi connectivity index (χ3n) is 3.87. The monoisotopic (exact) mass is 374 g/mol. The maximum absolute atomic E-state index is 14.3. The van der Waals surface area contributed by atoms with Gasteiger partial charge in [0.05, 0.1) is 11.1 Å². The number of hydrogen-bond donors (Lipinski definition) is 2.